The Bertz CT molecular complexity index is 1540. The van der Waals surface area contributed by atoms with Gasteiger partial charge in [0.15, 0.2) is 5.76 Å². The summed E-state index contributed by atoms with van der Waals surface area (Å²) in [5, 5.41) is 16.4. The third kappa shape index (κ3) is 7.25. The number of allylic oxidation sites excluding steroid dienone is 3. The van der Waals surface area contributed by atoms with E-state index in [9.17, 15) is 14.7 Å². The van der Waals surface area contributed by atoms with Crippen LogP contribution in [0.2, 0.25) is 0 Å². The maximum atomic E-state index is 13.1. The minimum Gasteiger partial charge on any atom is -0.508 e. The maximum Gasteiger partial charge on any atom is 0.291 e. The summed E-state index contributed by atoms with van der Waals surface area (Å²) in [6.45, 7) is 2.95. The van der Waals surface area contributed by atoms with E-state index >= 15 is 0 Å². The zero-order valence-electron chi connectivity index (χ0n) is 23.0. The molecule has 41 heavy (non-hydrogen) atoms. The number of aliphatic hydroxyl groups is 1. The van der Waals surface area contributed by atoms with Gasteiger partial charge in [-0.3, -0.25) is 9.59 Å². The summed E-state index contributed by atoms with van der Waals surface area (Å²) < 4.78 is 11.9. The number of amides is 2. The fourth-order valence-electron chi connectivity index (χ4n) is 4.92. The number of hydrogen-bond donors (Lipinski definition) is 3. The van der Waals surface area contributed by atoms with Crippen LogP contribution in [0.4, 0.5) is 5.69 Å². The standard InChI is InChI=1S/C34H34N2O5/c1-23-20-28(37)15-13-25(23)17-19-40-31-22-27(33(38)35-18-7-10-24-8-3-2-4-9-24)14-16-29(31)36-34(39)32-21-26-11-5-6-12-30(26)41-32/h2-6,8-9,11-16,20-23,25,37H,7,10,17-19H2,1H3,(H,35,38)(H,36,39). The molecule has 2 amide bonds. The van der Waals surface area contributed by atoms with E-state index in [4.69, 9.17) is 9.15 Å². The van der Waals surface area contributed by atoms with Gasteiger partial charge < -0.3 is 24.9 Å². The molecule has 7 nitrogen and oxygen atoms in total. The van der Waals surface area contributed by atoms with Crippen LogP contribution in [-0.4, -0.2) is 30.1 Å². The number of rotatable bonds is 11. The number of aryl methyl sites for hydroxylation is 1. The van der Waals surface area contributed by atoms with Crippen LogP contribution in [0.25, 0.3) is 11.0 Å². The van der Waals surface area contributed by atoms with Crippen LogP contribution in [0.1, 0.15) is 46.2 Å². The molecule has 0 spiro atoms. The number of hydrogen-bond acceptors (Lipinski definition) is 5. The van der Waals surface area contributed by atoms with Crippen LogP contribution in [-0.2, 0) is 6.42 Å². The van der Waals surface area contributed by atoms with Crippen molar-refractivity contribution in [2.45, 2.75) is 26.2 Å². The molecule has 5 rings (SSSR count). The minimum atomic E-state index is -0.409. The second kappa shape index (κ2) is 13.0. The number of para-hydroxylation sites is 1. The predicted octanol–water partition coefficient (Wildman–Crippen LogP) is 7.08. The van der Waals surface area contributed by atoms with Gasteiger partial charge in [0.05, 0.1) is 12.3 Å². The normalized spacial score (nSPS) is 16.3. The number of benzene rings is 3. The highest BCUT2D eigenvalue weighted by molar-refractivity contribution is 6.05. The second-order valence-electron chi connectivity index (χ2n) is 10.3. The summed E-state index contributed by atoms with van der Waals surface area (Å²) in [5.74, 6) is 0.616. The average molecular weight is 551 g/mol. The zero-order valence-corrected chi connectivity index (χ0v) is 23.0. The number of carbonyl (C=O) groups is 2. The van der Waals surface area contributed by atoms with Crippen molar-refractivity contribution in [3.63, 3.8) is 0 Å². The zero-order chi connectivity index (χ0) is 28.6. The molecule has 7 heteroatoms. The van der Waals surface area contributed by atoms with E-state index in [1.54, 1.807) is 30.3 Å². The molecule has 2 unspecified atom stereocenters. The Morgan fingerprint density at radius 2 is 1.78 bits per heavy atom. The van der Waals surface area contributed by atoms with Crippen molar-refractivity contribution < 1.29 is 23.8 Å². The first-order valence-corrected chi connectivity index (χ1v) is 13.9. The molecule has 1 aromatic heterocycles. The van der Waals surface area contributed by atoms with Crippen molar-refractivity contribution in [2.75, 3.05) is 18.5 Å². The summed E-state index contributed by atoms with van der Waals surface area (Å²) in [4.78, 5) is 26.0. The summed E-state index contributed by atoms with van der Waals surface area (Å²) in [6, 6.07) is 24.3. The topological polar surface area (TPSA) is 101 Å². The van der Waals surface area contributed by atoms with Crippen LogP contribution < -0.4 is 15.4 Å². The van der Waals surface area contributed by atoms with E-state index in [0.717, 1.165) is 18.2 Å². The van der Waals surface area contributed by atoms with Crippen molar-refractivity contribution >= 4 is 28.5 Å². The average Bonchev–Trinajstić information content (AvgIpc) is 3.42. The van der Waals surface area contributed by atoms with Crippen LogP contribution >= 0.6 is 0 Å². The molecule has 1 aliphatic rings. The lowest BCUT2D eigenvalue weighted by Gasteiger charge is -2.22. The molecule has 1 heterocycles. The van der Waals surface area contributed by atoms with Gasteiger partial charge in [-0.05, 0) is 79.1 Å². The Hall–Kier alpha value is -4.78. The van der Waals surface area contributed by atoms with Crippen molar-refractivity contribution in [1.82, 2.24) is 5.32 Å². The van der Waals surface area contributed by atoms with Crippen molar-refractivity contribution in [2.24, 2.45) is 11.8 Å². The molecule has 0 saturated heterocycles. The molecule has 4 aromatic rings. The number of aliphatic hydroxyl groups excluding tert-OH is 1. The van der Waals surface area contributed by atoms with E-state index in [2.05, 4.69) is 22.8 Å². The van der Waals surface area contributed by atoms with Crippen LogP contribution in [0.15, 0.2) is 107 Å². The van der Waals surface area contributed by atoms with E-state index in [0.29, 0.717) is 42.2 Å². The molecule has 3 aromatic carbocycles. The Kier molecular flexibility index (Phi) is 8.84. The summed E-state index contributed by atoms with van der Waals surface area (Å²) in [7, 11) is 0. The highest BCUT2D eigenvalue weighted by Crippen LogP contribution is 2.30. The largest absolute Gasteiger partial charge is 0.508 e. The van der Waals surface area contributed by atoms with Gasteiger partial charge in [0.2, 0.25) is 0 Å². The first-order chi connectivity index (χ1) is 20.0. The van der Waals surface area contributed by atoms with Crippen LogP contribution in [0.5, 0.6) is 5.75 Å². The first kappa shape index (κ1) is 27.8. The second-order valence-corrected chi connectivity index (χ2v) is 10.3. The van der Waals surface area contributed by atoms with Crippen LogP contribution in [0.3, 0.4) is 0 Å². The van der Waals surface area contributed by atoms with Crippen molar-refractivity contribution in [1.29, 1.82) is 0 Å². The Labute approximate surface area is 239 Å². The van der Waals surface area contributed by atoms with Crippen LogP contribution in [0, 0.1) is 11.8 Å². The number of fused-ring (bicyclic) bond motifs is 1. The number of ether oxygens (including phenoxy) is 1. The SMILES string of the molecule is CC1C=C(O)C=CC1CCOc1cc(C(=O)NCCCc2ccccc2)ccc1NC(=O)c1cc2ccccc2o1. The van der Waals surface area contributed by atoms with E-state index in [-0.39, 0.29) is 29.3 Å². The molecule has 3 N–H and O–H groups in total. The van der Waals surface area contributed by atoms with Crippen molar-refractivity contribution in [3.8, 4) is 5.75 Å². The summed E-state index contributed by atoms with van der Waals surface area (Å²) in [6.07, 6.45) is 7.91. The molecule has 0 aliphatic heterocycles. The summed E-state index contributed by atoms with van der Waals surface area (Å²) in [5.41, 5.74) is 2.75. The van der Waals surface area contributed by atoms with Gasteiger partial charge in [-0.1, -0.05) is 61.5 Å². The molecule has 1 aliphatic carbocycles. The minimum absolute atomic E-state index is 0.170. The molecule has 0 saturated carbocycles. The Morgan fingerprint density at radius 1 is 0.976 bits per heavy atom. The highest BCUT2D eigenvalue weighted by atomic mass is 16.5. The molecule has 0 fully saturated rings. The number of carbonyl (C=O) groups excluding carboxylic acids is 2. The number of nitrogens with one attached hydrogen (secondary N) is 2. The lowest BCUT2D eigenvalue weighted by atomic mass is 9.87. The van der Waals surface area contributed by atoms with Gasteiger partial charge in [0.25, 0.3) is 11.8 Å². The molecule has 0 bridgehead atoms. The monoisotopic (exact) mass is 550 g/mol. The molecule has 210 valence electrons. The summed E-state index contributed by atoms with van der Waals surface area (Å²) >= 11 is 0. The van der Waals surface area contributed by atoms with Gasteiger partial charge in [0.1, 0.15) is 17.1 Å². The van der Waals surface area contributed by atoms with Gasteiger partial charge in [0, 0.05) is 17.5 Å². The van der Waals surface area contributed by atoms with Gasteiger partial charge in [-0.2, -0.15) is 0 Å². The number of furan rings is 1. The molecular formula is C34H34N2O5. The first-order valence-electron chi connectivity index (χ1n) is 13.9. The molecule has 2 atom stereocenters. The van der Waals surface area contributed by atoms with E-state index in [1.807, 2.05) is 61.5 Å². The van der Waals surface area contributed by atoms with Crippen molar-refractivity contribution in [3.05, 3.63) is 120 Å². The van der Waals surface area contributed by atoms with E-state index in [1.165, 1.54) is 5.56 Å². The van der Waals surface area contributed by atoms with Gasteiger partial charge >= 0.3 is 0 Å². The lowest BCUT2D eigenvalue weighted by Crippen LogP contribution is -2.25. The highest BCUT2D eigenvalue weighted by Gasteiger charge is 2.19. The molecule has 0 radical (unpaired) electrons. The molecular weight excluding hydrogens is 516 g/mol. The predicted molar refractivity (Wildman–Crippen MR) is 160 cm³/mol. The third-order valence-electron chi connectivity index (χ3n) is 7.24. The van der Waals surface area contributed by atoms with Gasteiger partial charge in [-0.25, -0.2) is 0 Å². The number of anilines is 1. The Balaban J connectivity index is 1.26. The quantitative estimate of drug-likeness (QED) is 0.173. The smallest absolute Gasteiger partial charge is 0.291 e. The maximum absolute atomic E-state index is 13.1. The third-order valence-corrected chi connectivity index (χ3v) is 7.24. The fourth-order valence-corrected chi connectivity index (χ4v) is 4.92. The van der Waals surface area contributed by atoms with E-state index < -0.39 is 5.91 Å². The fraction of sp³-hybridized carbons (Fsp3) is 0.235. The lowest BCUT2D eigenvalue weighted by molar-refractivity contribution is 0.0952. The van der Waals surface area contributed by atoms with Gasteiger partial charge in [-0.15, -0.1) is 0 Å². The Morgan fingerprint density at radius 3 is 2.59 bits per heavy atom.